The molecule has 2 aromatic rings. The molecule has 0 radical (unpaired) electrons. The van der Waals surface area contributed by atoms with Crippen LogP contribution >= 0.6 is 0 Å². The lowest BCUT2D eigenvalue weighted by molar-refractivity contribution is -0.138. The number of aliphatic carboxylic acids is 1. The molecule has 5 heteroatoms. The maximum absolute atomic E-state index is 13.3. The van der Waals surface area contributed by atoms with Gasteiger partial charge in [0.25, 0.3) is 0 Å². The number of phenolic OH excluding ortho intramolecular Hbond substituents is 1. The van der Waals surface area contributed by atoms with Crippen molar-refractivity contribution < 1.29 is 19.4 Å². The first-order valence-corrected chi connectivity index (χ1v) is 6.02. The molecule has 0 spiro atoms. The number of rotatable bonds is 4. The highest BCUT2D eigenvalue weighted by atomic mass is 19.1. The summed E-state index contributed by atoms with van der Waals surface area (Å²) < 4.78 is 13.3. The van der Waals surface area contributed by atoms with Crippen LogP contribution in [0.4, 0.5) is 10.1 Å². The molecule has 1 unspecified atom stereocenters. The van der Waals surface area contributed by atoms with Gasteiger partial charge in [0.15, 0.2) is 6.04 Å². The number of para-hydroxylation sites is 1. The van der Waals surface area contributed by atoms with Gasteiger partial charge >= 0.3 is 5.97 Å². The third kappa shape index (κ3) is 3.06. The Morgan fingerprint density at radius 1 is 1.25 bits per heavy atom. The Morgan fingerprint density at radius 3 is 2.55 bits per heavy atom. The number of anilines is 1. The molecule has 0 fully saturated rings. The second-order valence-corrected chi connectivity index (χ2v) is 4.47. The molecular weight excluding hydrogens is 261 g/mol. The number of carboxylic acids is 1. The fourth-order valence-corrected chi connectivity index (χ4v) is 1.94. The molecule has 0 saturated carbocycles. The summed E-state index contributed by atoms with van der Waals surface area (Å²) >= 11 is 0. The summed E-state index contributed by atoms with van der Waals surface area (Å²) in [6.07, 6.45) is 0. The average molecular weight is 275 g/mol. The summed E-state index contributed by atoms with van der Waals surface area (Å²) in [6, 6.07) is 9.29. The van der Waals surface area contributed by atoms with Crippen LogP contribution in [-0.2, 0) is 4.79 Å². The zero-order chi connectivity index (χ0) is 14.7. The van der Waals surface area contributed by atoms with Crippen molar-refractivity contribution in [3.63, 3.8) is 0 Å². The minimum atomic E-state index is -1.15. The van der Waals surface area contributed by atoms with E-state index in [1.54, 1.807) is 12.1 Å². The lowest BCUT2D eigenvalue weighted by Gasteiger charge is -2.18. The Hall–Kier alpha value is -2.56. The van der Waals surface area contributed by atoms with E-state index in [0.717, 1.165) is 17.7 Å². The Morgan fingerprint density at radius 2 is 1.95 bits per heavy atom. The van der Waals surface area contributed by atoms with Crippen molar-refractivity contribution in [1.82, 2.24) is 0 Å². The predicted octanol–water partition coefficient (Wildman–Crippen LogP) is 3.08. The summed E-state index contributed by atoms with van der Waals surface area (Å²) in [7, 11) is 0. The number of carboxylic acid groups (broad SMARTS) is 1. The quantitative estimate of drug-likeness (QED) is 0.802. The molecule has 3 N–H and O–H groups in total. The first kappa shape index (κ1) is 13.9. The van der Waals surface area contributed by atoms with Crippen molar-refractivity contribution in [2.75, 3.05) is 5.32 Å². The van der Waals surface area contributed by atoms with Crippen molar-refractivity contribution in [2.24, 2.45) is 0 Å². The summed E-state index contributed by atoms with van der Waals surface area (Å²) in [5.74, 6) is -2.14. The van der Waals surface area contributed by atoms with E-state index in [0.29, 0.717) is 5.69 Å². The molecule has 0 saturated heterocycles. The van der Waals surface area contributed by atoms with Gasteiger partial charge in [0.1, 0.15) is 11.6 Å². The number of aryl methyl sites for hydroxylation is 1. The van der Waals surface area contributed by atoms with E-state index in [1.807, 2.05) is 19.1 Å². The van der Waals surface area contributed by atoms with Crippen LogP contribution in [-0.4, -0.2) is 16.2 Å². The number of hydrogen-bond acceptors (Lipinski definition) is 3. The van der Waals surface area contributed by atoms with Crippen LogP contribution in [0.5, 0.6) is 5.75 Å². The Bertz CT molecular complexity index is 623. The van der Waals surface area contributed by atoms with Gasteiger partial charge in [-0.15, -0.1) is 0 Å². The Balaban J connectivity index is 2.37. The third-order valence-corrected chi connectivity index (χ3v) is 2.93. The molecule has 0 amide bonds. The fourth-order valence-electron chi connectivity index (χ4n) is 1.94. The van der Waals surface area contributed by atoms with Crippen molar-refractivity contribution >= 4 is 11.7 Å². The molecule has 0 heterocycles. The van der Waals surface area contributed by atoms with Gasteiger partial charge in [-0.25, -0.2) is 9.18 Å². The summed E-state index contributed by atoms with van der Waals surface area (Å²) in [5, 5.41) is 21.5. The number of phenols is 1. The molecular formula is C15H14FNO3. The molecule has 0 aliphatic carbocycles. The van der Waals surface area contributed by atoms with Crippen LogP contribution in [0.1, 0.15) is 17.2 Å². The molecule has 0 aliphatic rings. The number of hydrogen-bond donors (Lipinski definition) is 3. The number of benzene rings is 2. The maximum Gasteiger partial charge on any atom is 0.330 e. The second-order valence-electron chi connectivity index (χ2n) is 4.47. The summed E-state index contributed by atoms with van der Waals surface area (Å²) in [4.78, 5) is 11.4. The minimum absolute atomic E-state index is 0.151. The normalized spacial score (nSPS) is 11.9. The van der Waals surface area contributed by atoms with Crippen LogP contribution in [0.15, 0.2) is 42.5 Å². The Kier molecular flexibility index (Phi) is 3.89. The highest BCUT2D eigenvalue weighted by molar-refractivity contribution is 5.79. The molecule has 0 aromatic heterocycles. The standard InChI is InChI=1S/C15H14FNO3/c1-9-4-2-3-5-13(9)17-14(15(19)20)10-6-11(16)8-12(18)7-10/h2-8,14,17-18H,1H3,(H,19,20). The monoisotopic (exact) mass is 275 g/mol. The molecule has 104 valence electrons. The van der Waals surface area contributed by atoms with E-state index in [9.17, 15) is 19.4 Å². The molecule has 2 aromatic carbocycles. The highest BCUT2D eigenvalue weighted by Crippen LogP contribution is 2.25. The van der Waals surface area contributed by atoms with Gasteiger partial charge in [-0.3, -0.25) is 0 Å². The van der Waals surface area contributed by atoms with Gasteiger partial charge in [0.2, 0.25) is 0 Å². The molecule has 0 bridgehead atoms. The zero-order valence-electron chi connectivity index (χ0n) is 10.8. The number of aromatic hydroxyl groups is 1. The van der Waals surface area contributed by atoms with E-state index in [4.69, 9.17) is 0 Å². The van der Waals surface area contributed by atoms with Gasteiger partial charge in [0.05, 0.1) is 0 Å². The SMILES string of the molecule is Cc1ccccc1NC(C(=O)O)c1cc(O)cc(F)c1. The largest absolute Gasteiger partial charge is 0.508 e. The second kappa shape index (κ2) is 5.61. The molecule has 1 atom stereocenters. The summed E-state index contributed by atoms with van der Waals surface area (Å²) in [6.45, 7) is 1.84. The smallest absolute Gasteiger partial charge is 0.330 e. The molecule has 4 nitrogen and oxygen atoms in total. The Labute approximate surface area is 115 Å². The molecule has 0 aliphatic heterocycles. The van der Waals surface area contributed by atoms with Crippen LogP contribution in [0.3, 0.4) is 0 Å². The van der Waals surface area contributed by atoms with Gasteiger partial charge in [-0.2, -0.15) is 0 Å². The van der Waals surface area contributed by atoms with Crippen LogP contribution in [0, 0.1) is 12.7 Å². The van der Waals surface area contributed by atoms with Crippen molar-refractivity contribution in [3.8, 4) is 5.75 Å². The van der Waals surface area contributed by atoms with E-state index in [1.165, 1.54) is 6.07 Å². The van der Waals surface area contributed by atoms with Gasteiger partial charge in [-0.05, 0) is 36.2 Å². The molecule has 20 heavy (non-hydrogen) atoms. The number of nitrogens with one attached hydrogen (secondary N) is 1. The van der Waals surface area contributed by atoms with Crippen molar-refractivity contribution in [3.05, 3.63) is 59.4 Å². The third-order valence-electron chi connectivity index (χ3n) is 2.93. The van der Waals surface area contributed by atoms with Crippen LogP contribution < -0.4 is 5.32 Å². The lowest BCUT2D eigenvalue weighted by atomic mass is 10.1. The summed E-state index contributed by atoms with van der Waals surface area (Å²) in [5.41, 5.74) is 1.67. The minimum Gasteiger partial charge on any atom is -0.508 e. The first-order chi connectivity index (χ1) is 9.47. The van der Waals surface area contributed by atoms with E-state index in [2.05, 4.69) is 5.32 Å². The van der Waals surface area contributed by atoms with Crippen LogP contribution in [0.25, 0.3) is 0 Å². The maximum atomic E-state index is 13.3. The van der Waals surface area contributed by atoms with Crippen LogP contribution in [0.2, 0.25) is 0 Å². The predicted molar refractivity (Wildman–Crippen MR) is 73.2 cm³/mol. The van der Waals surface area contributed by atoms with Gasteiger partial charge in [-0.1, -0.05) is 18.2 Å². The average Bonchev–Trinajstić information content (AvgIpc) is 2.36. The van der Waals surface area contributed by atoms with Crippen molar-refractivity contribution in [1.29, 1.82) is 0 Å². The zero-order valence-corrected chi connectivity index (χ0v) is 10.8. The van der Waals surface area contributed by atoms with Gasteiger partial charge in [0, 0.05) is 11.8 Å². The fraction of sp³-hybridized carbons (Fsp3) is 0.133. The number of carbonyl (C=O) groups is 1. The van der Waals surface area contributed by atoms with Gasteiger partial charge < -0.3 is 15.5 Å². The lowest BCUT2D eigenvalue weighted by Crippen LogP contribution is -2.21. The number of halogens is 1. The van der Waals surface area contributed by atoms with E-state index in [-0.39, 0.29) is 11.3 Å². The van der Waals surface area contributed by atoms with E-state index < -0.39 is 17.8 Å². The first-order valence-electron chi connectivity index (χ1n) is 6.02. The topological polar surface area (TPSA) is 69.6 Å². The van der Waals surface area contributed by atoms with E-state index >= 15 is 0 Å². The highest BCUT2D eigenvalue weighted by Gasteiger charge is 2.21. The molecule has 2 rings (SSSR count). The van der Waals surface area contributed by atoms with Crippen molar-refractivity contribution in [2.45, 2.75) is 13.0 Å².